The van der Waals surface area contributed by atoms with Gasteiger partial charge in [-0.1, -0.05) is 50.2 Å². The highest BCUT2D eigenvalue weighted by Crippen LogP contribution is 2.19. The van der Waals surface area contributed by atoms with Gasteiger partial charge in [0.25, 0.3) is 0 Å². The molecule has 0 saturated carbocycles. The van der Waals surface area contributed by atoms with E-state index < -0.39 is 18.0 Å². The van der Waals surface area contributed by atoms with Gasteiger partial charge in [-0.3, -0.25) is 9.59 Å². The molecule has 2 aromatic rings. The molecule has 0 aliphatic rings. The summed E-state index contributed by atoms with van der Waals surface area (Å²) in [4.78, 5) is 27.1. The summed E-state index contributed by atoms with van der Waals surface area (Å²) in [7, 11) is 1.40. The van der Waals surface area contributed by atoms with Crippen LogP contribution in [0, 0.1) is 5.82 Å². The van der Waals surface area contributed by atoms with Crippen molar-refractivity contribution in [2.45, 2.75) is 71.1 Å². The average Bonchev–Trinajstić information content (AvgIpc) is 2.88. The molecule has 0 unspecified atom stereocenters. The van der Waals surface area contributed by atoms with Crippen LogP contribution in [0.4, 0.5) is 4.39 Å². The third-order valence-electron chi connectivity index (χ3n) is 6.14. The third kappa shape index (κ3) is 10.9. The van der Waals surface area contributed by atoms with Crippen LogP contribution in [-0.2, 0) is 22.6 Å². The molecule has 3 N–H and O–H groups in total. The van der Waals surface area contributed by atoms with Crippen LogP contribution in [0.3, 0.4) is 0 Å². The Morgan fingerprint density at radius 2 is 1.73 bits per heavy atom. The van der Waals surface area contributed by atoms with Gasteiger partial charge in [-0.05, 0) is 48.9 Å². The Morgan fingerprint density at radius 1 is 1.03 bits per heavy atom. The van der Waals surface area contributed by atoms with Crippen LogP contribution in [0.2, 0.25) is 0 Å². The largest absolute Gasteiger partial charge is 0.494 e. The van der Waals surface area contributed by atoms with Gasteiger partial charge in [0, 0.05) is 39.0 Å². The van der Waals surface area contributed by atoms with Crippen LogP contribution in [-0.4, -0.2) is 60.7 Å². The van der Waals surface area contributed by atoms with Gasteiger partial charge in [-0.25, -0.2) is 4.39 Å². The summed E-state index contributed by atoms with van der Waals surface area (Å²) in [6.07, 6.45) is 2.07. The number of benzene rings is 2. The zero-order chi connectivity index (χ0) is 27.0. The van der Waals surface area contributed by atoms with E-state index in [0.717, 1.165) is 31.5 Å². The van der Waals surface area contributed by atoms with Crippen molar-refractivity contribution in [1.82, 2.24) is 15.5 Å². The quantitative estimate of drug-likeness (QED) is 0.298. The van der Waals surface area contributed by atoms with Gasteiger partial charge in [0.15, 0.2) is 11.6 Å². The Hall–Kier alpha value is -2.97. The summed E-state index contributed by atoms with van der Waals surface area (Å²) in [6, 6.07) is 13.8. The lowest BCUT2D eigenvalue weighted by molar-refractivity contribution is -0.131. The Labute approximate surface area is 220 Å². The molecular formula is C29H42FN3O4. The molecule has 8 heteroatoms. The van der Waals surface area contributed by atoms with Crippen molar-refractivity contribution in [3.8, 4) is 5.75 Å². The average molecular weight is 516 g/mol. The van der Waals surface area contributed by atoms with Gasteiger partial charge in [-0.15, -0.1) is 0 Å². The molecule has 2 aromatic carbocycles. The van der Waals surface area contributed by atoms with Gasteiger partial charge >= 0.3 is 0 Å². The van der Waals surface area contributed by atoms with Gasteiger partial charge in [0.2, 0.25) is 11.8 Å². The summed E-state index contributed by atoms with van der Waals surface area (Å²) in [6.45, 7) is 6.35. The van der Waals surface area contributed by atoms with Crippen LogP contribution >= 0.6 is 0 Å². The van der Waals surface area contributed by atoms with E-state index in [2.05, 4.69) is 10.6 Å². The summed E-state index contributed by atoms with van der Waals surface area (Å²) in [5, 5.41) is 17.0. The Balaban J connectivity index is 1.97. The monoisotopic (exact) mass is 515 g/mol. The van der Waals surface area contributed by atoms with Crippen molar-refractivity contribution >= 4 is 11.8 Å². The minimum Gasteiger partial charge on any atom is -0.494 e. The number of halogens is 1. The van der Waals surface area contributed by atoms with Gasteiger partial charge in [0.1, 0.15) is 0 Å². The zero-order valence-corrected chi connectivity index (χ0v) is 22.3. The lowest BCUT2D eigenvalue weighted by Crippen LogP contribution is -2.48. The molecule has 2 rings (SSSR count). The number of hydrogen-bond acceptors (Lipinski definition) is 5. The van der Waals surface area contributed by atoms with Crippen molar-refractivity contribution < 1.29 is 23.8 Å². The minimum absolute atomic E-state index is 0.0619. The normalized spacial score (nSPS) is 12.6. The maximum absolute atomic E-state index is 14.2. The van der Waals surface area contributed by atoms with E-state index in [1.54, 1.807) is 6.07 Å². The minimum atomic E-state index is -0.899. The van der Waals surface area contributed by atoms with E-state index in [9.17, 15) is 19.1 Å². The number of hydrogen-bond donors (Lipinski definition) is 3. The standard InChI is InChI=1S/C29H42FN3O4/c1-4-16-33(17-5-2)29(36)13-9-12-28(35)32-25(19-23-14-15-27(37-3)24(30)18-23)26(34)21-31-20-22-10-7-6-8-11-22/h6-8,10-11,14-15,18,25-26,31,34H,4-5,9,12-13,16-17,19-21H2,1-3H3,(H,32,35)/t25-,26+/m0/s1. The van der Waals surface area contributed by atoms with Crippen molar-refractivity contribution in [1.29, 1.82) is 0 Å². The maximum atomic E-state index is 14.2. The highest BCUT2D eigenvalue weighted by atomic mass is 19.1. The van der Waals surface area contributed by atoms with E-state index in [0.29, 0.717) is 24.9 Å². The first-order valence-electron chi connectivity index (χ1n) is 13.2. The fraction of sp³-hybridized carbons (Fsp3) is 0.517. The third-order valence-corrected chi connectivity index (χ3v) is 6.14. The lowest BCUT2D eigenvalue weighted by Gasteiger charge is -2.25. The number of nitrogens with zero attached hydrogens (tertiary/aromatic N) is 1. The van der Waals surface area contributed by atoms with Crippen molar-refractivity contribution in [2.75, 3.05) is 26.7 Å². The summed E-state index contributed by atoms with van der Waals surface area (Å²) >= 11 is 0. The van der Waals surface area contributed by atoms with Crippen LogP contribution in [0.1, 0.15) is 57.1 Å². The predicted octanol–water partition coefficient (Wildman–Crippen LogP) is 3.83. The Bertz CT molecular complexity index is 951. The molecule has 0 spiro atoms. The van der Waals surface area contributed by atoms with Crippen LogP contribution in [0.15, 0.2) is 48.5 Å². The second kappa shape index (κ2) is 16.7. The van der Waals surface area contributed by atoms with Crippen LogP contribution < -0.4 is 15.4 Å². The number of carbonyl (C=O) groups excluding carboxylic acids is 2. The molecule has 0 radical (unpaired) electrons. The summed E-state index contributed by atoms with van der Waals surface area (Å²) in [5.74, 6) is -0.540. The first-order chi connectivity index (χ1) is 17.9. The maximum Gasteiger partial charge on any atom is 0.222 e. The molecule has 204 valence electrons. The first-order valence-corrected chi connectivity index (χ1v) is 13.2. The van der Waals surface area contributed by atoms with Crippen molar-refractivity contribution in [3.63, 3.8) is 0 Å². The van der Waals surface area contributed by atoms with Crippen molar-refractivity contribution in [3.05, 3.63) is 65.5 Å². The highest BCUT2D eigenvalue weighted by molar-refractivity contribution is 5.79. The number of ether oxygens (including phenoxy) is 1. The molecule has 0 aliphatic carbocycles. The molecule has 2 atom stereocenters. The molecule has 7 nitrogen and oxygen atoms in total. The van der Waals surface area contributed by atoms with Crippen LogP contribution in [0.25, 0.3) is 0 Å². The second-order valence-corrected chi connectivity index (χ2v) is 9.27. The van der Waals surface area contributed by atoms with E-state index in [1.807, 2.05) is 49.1 Å². The zero-order valence-electron chi connectivity index (χ0n) is 22.3. The smallest absolute Gasteiger partial charge is 0.222 e. The van der Waals surface area contributed by atoms with E-state index in [-0.39, 0.29) is 37.0 Å². The number of aliphatic hydroxyl groups excluding tert-OH is 1. The van der Waals surface area contributed by atoms with Gasteiger partial charge < -0.3 is 25.4 Å². The summed E-state index contributed by atoms with van der Waals surface area (Å²) < 4.78 is 19.2. The Morgan fingerprint density at radius 3 is 2.35 bits per heavy atom. The van der Waals surface area contributed by atoms with E-state index >= 15 is 0 Å². The van der Waals surface area contributed by atoms with E-state index in [4.69, 9.17) is 4.74 Å². The summed E-state index contributed by atoms with van der Waals surface area (Å²) in [5.41, 5.74) is 1.72. The molecule has 0 fully saturated rings. The molecule has 0 aromatic heterocycles. The second-order valence-electron chi connectivity index (χ2n) is 9.27. The first kappa shape index (κ1) is 30.3. The Kier molecular flexibility index (Phi) is 13.7. The van der Waals surface area contributed by atoms with E-state index in [1.165, 1.54) is 19.2 Å². The van der Waals surface area contributed by atoms with Crippen LogP contribution in [0.5, 0.6) is 5.75 Å². The number of carbonyl (C=O) groups is 2. The molecule has 0 heterocycles. The number of methoxy groups -OCH3 is 1. The molecule has 0 aliphatic heterocycles. The van der Waals surface area contributed by atoms with Gasteiger partial charge in [-0.2, -0.15) is 0 Å². The number of rotatable bonds is 17. The molecular weight excluding hydrogens is 473 g/mol. The lowest BCUT2D eigenvalue weighted by atomic mass is 10.00. The fourth-order valence-electron chi connectivity index (χ4n) is 4.21. The number of aliphatic hydroxyl groups is 1. The topological polar surface area (TPSA) is 90.9 Å². The molecule has 0 saturated heterocycles. The van der Waals surface area contributed by atoms with Crippen molar-refractivity contribution in [2.24, 2.45) is 0 Å². The number of amides is 2. The number of nitrogens with one attached hydrogen (secondary N) is 2. The highest BCUT2D eigenvalue weighted by Gasteiger charge is 2.23. The molecule has 2 amide bonds. The molecule has 37 heavy (non-hydrogen) atoms. The molecule has 0 bridgehead atoms. The fourth-order valence-corrected chi connectivity index (χ4v) is 4.21. The predicted molar refractivity (Wildman–Crippen MR) is 144 cm³/mol. The van der Waals surface area contributed by atoms with Gasteiger partial charge in [0.05, 0.1) is 19.3 Å². The SMILES string of the molecule is CCCN(CCC)C(=O)CCCC(=O)N[C@@H](Cc1ccc(OC)c(F)c1)[C@H](O)CNCc1ccccc1.